The summed E-state index contributed by atoms with van der Waals surface area (Å²) in [6, 6.07) is 0. The van der Waals surface area contributed by atoms with Crippen molar-refractivity contribution < 1.29 is 14.6 Å². The van der Waals surface area contributed by atoms with E-state index >= 15 is 0 Å². The second kappa shape index (κ2) is 5.46. The van der Waals surface area contributed by atoms with Crippen molar-refractivity contribution in [2.75, 3.05) is 12.4 Å². The standard InChI is InChI=1S/C11H14N2O3S/c1-7-9(10(14)15)5-12-11(13-7)17-6-8-3-2-4-16-8/h5,8H,2-4,6H2,1H3,(H,14,15). The van der Waals surface area contributed by atoms with Gasteiger partial charge in [0.2, 0.25) is 0 Å². The molecule has 1 atom stereocenters. The van der Waals surface area contributed by atoms with E-state index in [1.54, 1.807) is 6.92 Å². The van der Waals surface area contributed by atoms with Gasteiger partial charge in [0.25, 0.3) is 0 Å². The van der Waals surface area contributed by atoms with Gasteiger partial charge in [0.1, 0.15) is 0 Å². The molecule has 1 N–H and O–H groups in total. The zero-order valence-corrected chi connectivity index (χ0v) is 10.4. The Balaban J connectivity index is 1.97. The van der Waals surface area contributed by atoms with Gasteiger partial charge in [0, 0.05) is 18.6 Å². The molecule has 0 spiro atoms. The molecule has 0 radical (unpaired) electrons. The lowest BCUT2D eigenvalue weighted by Crippen LogP contribution is -2.09. The molecule has 1 aromatic rings. The number of aromatic nitrogens is 2. The molecule has 5 nitrogen and oxygen atoms in total. The highest BCUT2D eigenvalue weighted by Crippen LogP contribution is 2.21. The van der Waals surface area contributed by atoms with E-state index in [0.717, 1.165) is 25.2 Å². The number of rotatable bonds is 4. The molecule has 0 aliphatic carbocycles. The molecule has 0 aromatic carbocycles. The summed E-state index contributed by atoms with van der Waals surface area (Å²) in [6.07, 6.45) is 3.84. The van der Waals surface area contributed by atoms with Crippen LogP contribution in [0, 0.1) is 6.92 Å². The molecular formula is C11H14N2O3S. The van der Waals surface area contributed by atoms with Crippen molar-refractivity contribution in [3.63, 3.8) is 0 Å². The lowest BCUT2D eigenvalue weighted by Gasteiger charge is -2.08. The molecule has 2 rings (SSSR count). The van der Waals surface area contributed by atoms with E-state index in [1.807, 2.05) is 0 Å². The van der Waals surface area contributed by atoms with Crippen LogP contribution < -0.4 is 0 Å². The molecule has 6 heteroatoms. The summed E-state index contributed by atoms with van der Waals surface area (Å²) in [7, 11) is 0. The summed E-state index contributed by atoms with van der Waals surface area (Å²) < 4.78 is 5.50. The summed E-state index contributed by atoms with van der Waals surface area (Å²) >= 11 is 1.51. The Kier molecular flexibility index (Phi) is 3.96. The summed E-state index contributed by atoms with van der Waals surface area (Å²) in [6.45, 7) is 2.52. The van der Waals surface area contributed by atoms with E-state index in [9.17, 15) is 4.79 Å². The molecule has 1 unspecified atom stereocenters. The monoisotopic (exact) mass is 254 g/mol. The fourth-order valence-electron chi connectivity index (χ4n) is 1.67. The van der Waals surface area contributed by atoms with Gasteiger partial charge in [0.05, 0.1) is 17.4 Å². The molecule has 0 bridgehead atoms. The number of aromatic carboxylic acids is 1. The second-order valence-electron chi connectivity index (χ2n) is 3.90. The Labute approximate surface area is 104 Å². The van der Waals surface area contributed by atoms with Crippen molar-refractivity contribution in [3.8, 4) is 0 Å². The van der Waals surface area contributed by atoms with Crippen molar-refractivity contribution in [1.82, 2.24) is 9.97 Å². The summed E-state index contributed by atoms with van der Waals surface area (Å²) in [5.74, 6) is -0.163. The third-order valence-corrected chi connectivity index (χ3v) is 3.60. The Hall–Kier alpha value is -1.14. The fourth-order valence-corrected chi connectivity index (χ4v) is 2.60. The highest BCUT2D eigenvalue weighted by Gasteiger charge is 2.17. The van der Waals surface area contributed by atoms with Crippen molar-refractivity contribution in [2.45, 2.75) is 31.0 Å². The molecule has 1 fully saturated rings. The van der Waals surface area contributed by atoms with Crippen LogP contribution in [0.25, 0.3) is 0 Å². The van der Waals surface area contributed by atoms with Crippen molar-refractivity contribution in [3.05, 3.63) is 17.5 Å². The lowest BCUT2D eigenvalue weighted by atomic mass is 10.2. The first-order valence-corrected chi connectivity index (χ1v) is 6.46. The molecule has 1 aliphatic heterocycles. The second-order valence-corrected chi connectivity index (χ2v) is 4.89. The Morgan fingerprint density at radius 1 is 1.71 bits per heavy atom. The highest BCUT2D eigenvalue weighted by molar-refractivity contribution is 7.99. The van der Waals surface area contributed by atoms with Crippen LogP contribution in [0.5, 0.6) is 0 Å². The first-order chi connectivity index (χ1) is 8.16. The van der Waals surface area contributed by atoms with Crippen LogP contribution in [0.1, 0.15) is 28.9 Å². The topological polar surface area (TPSA) is 72.3 Å². The van der Waals surface area contributed by atoms with E-state index in [4.69, 9.17) is 9.84 Å². The fraction of sp³-hybridized carbons (Fsp3) is 0.545. The molecule has 2 heterocycles. The van der Waals surface area contributed by atoms with Crippen LogP contribution in [-0.4, -0.2) is 39.5 Å². The number of carboxylic acid groups (broad SMARTS) is 1. The predicted octanol–water partition coefficient (Wildman–Crippen LogP) is 1.75. The van der Waals surface area contributed by atoms with Crippen molar-refractivity contribution >= 4 is 17.7 Å². The number of carboxylic acids is 1. The zero-order valence-electron chi connectivity index (χ0n) is 9.55. The van der Waals surface area contributed by atoms with Crippen molar-refractivity contribution in [2.24, 2.45) is 0 Å². The van der Waals surface area contributed by atoms with Crippen LogP contribution in [-0.2, 0) is 4.74 Å². The molecule has 92 valence electrons. The van der Waals surface area contributed by atoms with Gasteiger partial charge in [0.15, 0.2) is 5.16 Å². The molecule has 0 saturated carbocycles. The number of carbonyl (C=O) groups is 1. The van der Waals surface area contributed by atoms with Gasteiger partial charge < -0.3 is 9.84 Å². The number of hydrogen-bond donors (Lipinski definition) is 1. The summed E-state index contributed by atoms with van der Waals surface area (Å²) in [5, 5.41) is 9.47. The van der Waals surface area contributed by atoms with E-state index in [0.29, 0.717) is 10.9 Å². The van der Waals surface area contributed by atoms with Gasteiger partial charge in [-0.1, -0.05) is 11.8 Å². The molecule has 1 saturated heterocycles. The third kappa shape index (κ3) is 3.17. The Bertz CT molecular complexity index is 419. The minimum absolute atomic E-state index is 0.159. The summed E-state index contributed by atoms with van der Waals surface area (Å²) in [4.78, 5) is 19.0. The number of ether oxygens (including phenoxy) is 1. The Morgan fingerprint density at radius 3 is 3.12 bits per heavy atom. The first-order valence-electron chi connectivity index (χ1n) is 5.48. The molecule has 1 aliphatic rings. The number of hydrogen-bond acceptors (Lipinski definition) is 5. The number of nitrogens with zero attached hydrogens (tertiary/aromatic N) is 2. The zero-order chi connectivity index (χ0) is 12.3. The SMILES string of the molecule is Cc1nc(SCC2CCCO2)ncc1C(=O)O. The maximum atomic E-state index is 10.8. The maximum absolute atomic E-state index is 10.8. The molecule has 0 amide bonds. The summed E-state index contributed by atoms with van der Waals surface area (Å²) in [5.41, 5.74) is 0.661. The predicted molar refractivity (Wildman–Crippen MR) is 63.4 cm³/mol. The van der Waals surface area contributed by atoms with Crippen molar-refractivity contribution in [1.29, 1.82) is 0 Å². The normalized spacial score (nSPS) is 19.5. The van der Waals surface area contributed by atoms with Crippen LogP contribution in [0.15, 0.2) is 11.4 Å². The van der Waals surface area contributed by atoms with Crippen LogP contribution >= 0.6 is 11.8 Å². The quantitative estimate of drug-likeness (QED) is 0.652. The molecule has 17 heavy (non-hydrogen) atoms. The average molecular weight is 254 g/mol. The Morgan fingerprint density at radius 2 is 2.53 bits per heavy atom. The molecule has 1 aromatic heterocycles. The van der Waals surface area contributed by atoms with Gasteiger partial charge in [-0.2, -0.15) is 0 Å². The number of aryl methyl sites for hydroxylation is 1. The van der Waals surface area contributed by atoms with E-state index in [1.165, 1.54) is 18.0 Å². The van der Waals surface area contributed by atoms with Gasteiger partial charge >= 0.3 is 5.97 Å². The van der Waals surface area contributed by atoms with E-state index in [2.05, 4.69) is 9.97 Å². The highest BCUT2D eigenvalue weighted by atomic mass is 32.2. The third-order valence-electron chi connectivity index (χ3n) is 2.61. The minimum Gasteiger partial charge on any atom is -0.478 e. The van der Waals surface area contributed by atoms with Crippen LogP contribution in [0.2, 0.25) is 0 Å². The average Bonchev–Trinajstić information content (AvgIpc) is 2.78. The van der Waals surface area contributed by atoms with Gasteiger partial charge in [-0.05, 0) is 19.8 Å². The largest absolute Gasteiger partial charge is 0.478 e. The van der Waals surface area contributed by atoms with Crippen LogP contribution in [0.4, 0.5) is 0 Å². The van der Waals surface area contributed by atoms with Gasteiger partial charge in [-0.3, -0.25) is 0 Å². The lowest BCUT2D eigenvalue weighted by molar-refractivity contribution is 0.0694. The maximum Gasteiger partial charge on any atom is 0.339 e. The minimum atomic E-state index is -0.988. The van der Waals surface area contributed by atoms with E-state index < -0.39 is 5.97 Å². The van der Waals surface area contributed by atoms with Crippen LogP contribution in [0.3, 0.4) is 0 Å². The number of thioether (sulfide) groups is 1. The smallest absolute Gasteiger partial charge is 0.339 e. The molecular weight excluding hydrogens is 240 g/mol. The van der Waals surface area contributed by atoms with Gasteiger partial charge in [-0.25, -0.2) is 14.8 Å². The van der Waals surface area contributed by atoms with E-state index in [-0.39, 0.29) is 11.7 Å². The first kappa shape index (κ1) is 12.3. The van der Waals surface area contributed by atoms with Gasteiger partial charge in [-0.15, -0.1) is 0 Å².